The van der Waals surface area contributed by atoms with E-state index in [2.05, 4.69) is 10.1 Å². The van der Waals surface area contributed by atoms with E-state index in [0.29, 0.717) is 6.04 Å². The third-order valence-corrected chi connectivity index (χ3v) is 1.63. The molecule has 0 saturated carbocycles. The molecule has 0 rings (SSSR count). The molecular weight excluding hydrogens is 154 g/mol. The molecule has 0 aliphatic carbocycles. The summed E-state index contributed by atoms with van der Waals surface area (Å²) in [4.78, 5) is 11.2. The predicted molar refractivity (Wildman–Crippen MR) is 48.9 cm³/mol. The highest BCUT2D eigenvalue weighted by Crippen LogP contribution is 2.04. The van der Waals surface area contributed by atoms with E-state index >= 15 is 0 Å². The van der Waals surface area contributed by atoms with Crippen molar-refractivity contribution in [2.24, 2.45) is 5.92 Å². The average Bonchev–Trinajstić information content (AvgIpc) is 1.98. The Morgan fingerprint density at radius 3 is 2.00 bits per heavy atom. The van der Waals surface area contributed by atoms with Crippen LogP contribution in [-0.2, 0) is 9.53 Å². The number of ether oxygens (including phenoxy) is 1. The van der Waals surface area contributed by atoms with E-state index in [1.165, 1.54) is 7.11 Å². The standard InChI is InChI=1S/C9H19NO2/c1-6(2)8(9(11)12-5)10-7(3)4/h6-8,10H,1-5H3/t8-/m1/s1. The van der Waals surface area contributed by atoms with Crippen LogP contribution >= 0.6 is 0 Å². The Kier molecular flexibility index (Phi) is 4.90. The van der Waals surface area contributed by atoms with Crippen LogP contribution in [0.1, 0.15) is 27.7 Å². The van der Waals surface area contributed by atoms with Gasteiger partial charge in [0.1, 0.15) is 6.04 Å². The lowest BCUT2D eigenvalue weighted by molar-refractivity contribution is -0.144. The quantitative estimate of drug-likeness (QED) is 0.649. The van der Waals surface area contributed by atoms with Gasteiger partial charge in [-0.1, -0.05) is 27.7 Å². The molecule has 0 fully saturated rings. The minimum absolute atomic E-state index is 0.182. The summed E-state index contributed by atoms with van der Waals surface area (Å²) in [5.74, 6) is 0.0820. The number of carbonyl (C=O) groups excluding carboxylic acids is 1. The zero-order valence-corrected chi connectivity index (χ0v) is 8.55. The van der Waals surface area contributed by atoms with E-state index in [1.54, 1.807) is 0 Å². The van der Waals surface area contributed by atoms with Crippen LogP contribution in [0.15, 0.2) is 0 Å². The average molecular weight is 173 g/mol. The minimum Gasteiger partial charge on any atom is -0.468 e. The van der Waals surface area contributed by atoms with Gasteiger partial charge in [0.05, 0.1) is 7.11 Å². The Bertz CT molecular complexity index is 143. The number of rotatable bonds is 4. The highest BCUT2D eigenvalue weighted by Gasteiger charge is 2.22. The van der Waals surface area contributed by atoms with Crippen molar-refractivity contribution in [1.82, 2.24) is 5.32 Å². The second-order valence-corrected chi connectivity index (χ2v) is 3.57. The highest BCUT2D eigenvalue weighted by molar-refractivity contribution is 5.75. The predicted octanol–water partition coefficient (Wildman–Crippen LogP) is 1.18. The molecule has 0 aromatic rings. The maximum Gasteiger partial charge on any atom is 0.323 e. The van der Waals surface area contributed by atoms with Gasteiger partial charge >= 0.3 is 5.97 Å². The third kappa shape index (κ3) is 3.72. The van der Waals surface area contributed by atoms with Crippen molar-refractivity contribution in [3.63, 3.8) is 0 Å². The summed E-state index contributed by atoms with van der Waals surface area (Å²) in [5.41, 5.74) is 0. The van der Waals surface area contributed by atoms with Gasteiger partial charge in [-0.15, -0.1) is 0 Å². The summed E-state index contributed by atoms with van der Waals surface area (Å²) in [6.07, 6.45) is 0. The fourth-order valence-electron chi connectivity index (χ4n) is 1.02. The normalized spacial score (nSPS) is 13.6. The molecule has 0 aromatic heterocycles. The summed E-state index contributed by atoms with van der Waals surface area (Å²) in [7, 11) is 1.42. The summed E-state index contributed by atoms with van der Waals surface area (Å²) in [6.45, 7) is 8.02. The zero-order valence-electron chi connectivity index (χ0n) is 8.55. The van der Waals surface area contributed by atoms with Crippen molar-refractivity contribution in [3.05, 3.63) is 0 Å². The van der Waals surface area contributed by atoms with Crippen molar-refractivity contribution < 1.29 is 9.53 Å². The minimum atomic E-state index is -0.185. The zero-order chi connectivity index (χ0) is 9.72. The van der Waals surface area contributed by atoms with Crippen LogP contribution in [0.5, 0.6) is 0 Å². The van der Waals surface area contributed by atoms with Crippen molar-refractivity contribution >= 4 is 5.97 Å². The van der Waals surface area contributed by atoms with Crippen LogP contribution in [0.4, 0.5) is 0 Å². The molecule has 0 heterocycles. The molecule has 0 bridgehead atoms. The molecule has 1 atom stereocenters. The summed E-state index contributed by atoms with van der Waals surface area (Å²) in [6, 6.07) is 0.117. The SMILES string of the molecule is COC(=O)[C@H](NC(C)C)C(C)C. The first-order valence-electron chi connectivity index (χ1n) is 4.33. The lowest BCUT2D eigenvalue weighted by Gasteiger charge is -2.21. The molecule has 0 amide bonds. The molecular formula is C9H19NO2. The van der Waals surface area contributed by atoms with Crippen LogP contribution in [0.3, 0.4) is 0 Å². The summed E-state index contributed by atoms with van der Waals surface area (Å²) >= 11 is 0. The molecule has 0 radical (unpaired) electrons. The van der Waals surface area contributed by atoms with Crippen molar-refractivity contribution in [2.45, 2.75) is 39.8 Å². The van der Waals surface area contributed by atoms with Crippen LogP contribution in [0, 0.1) is 5.92 Å². The molecule has 3 nitrogen and oxygen atoms in total. The lowest BCUT2D eigenvalue weighted by atomic mass is 10.0. The lowest BCUT2D eigenvalue weighted by Crippen LogP contribution is -2.45. The fourth-order valence-corrected chi connectivity index (χ4v) is 1.02. The number of hydrogen-bond donors (Lipinski definition) is 1. The second kappa shape index (κ2) is 5.14. The number of carbonyl (C=O) groups is 1. The van der Waals surface area contributed by atoms with Gasteiger partial charge in [0, 0.05) is 6.04 Å². The molecule has 1 N–H and O–H groups in total. The molecule has 0 saturated heterocycles. The largest absolute Gasteiger partial charge is 0.468 e. The van der Waals surface area contributed by atoms with Gasteiger partial charge in [0.2, 0.25) is 0 Å². The maximum atomic E-state index is 11.2. The van der Waals surface area contributed by atoms with Crippen molar-refractivity contribution in [1.29, 1.82) is 0 Å². The van der Waals surface area contributed by atoms with Gasteiger partial charge in [0.15, 0.2) is 0 Å². The fraction of sp³-hybridized carbons (Fsp3) is 0.889. The molecule has 72 valence electrons. The van der Waals surface area contributed by atoms with E-state index < -0.39 is 0 Å². The van der Waals surface area contributed by atoms with Gasteiger partial charge < -0.3 is 10.1 Å². The highest BCUT2D eigenvalue weighted by atomic mass is 16.5. The Morgan fingerprint density at radius 2 is 1.75 bits per heavy atom. The first-order chi connectivity index (χ1) is 5.49. The Morgan fingerprint density at radius 1 is 1.25 bits per heavy atom. The molecule has 3 heteroatoms. The Balaban J connectivity index is 4.13. The van der Waals surface area contributed by atoms with Crippen LogP contribution < -0.4 is 5.32 Å². The third-order valence-electron chi connectivity index (χ3n) is 1.63. The van der Waals surface area contributed by atoms with Gasteiger partial charge in [-0.25, -0.2) is 0 Å². The van der Waals surface area contributed by atoms with E-state index in [0.717, 1.165) is 0 Å². The molecule has 0 aromatic carbocycles. The first-order valence-corrected chi connectivity index (χ1v) is 4.33. The topological polar surface area (TPSA) is 38.3 Å². The molecule has 12 heavy (non-hydrogen) atoms. The number of hydrogen-bond acceptors (Lipinski definition) is 3. The van der Waals surface area contributed by atoms with Crippen molar-refractivity contribution in [2.75, 3.05) is 7.11 Å². The van der Waals surface area contributed by atoms with Gasteiger partial charge in [-0.3, -0.25) is 4.79 Å². The maximum absolute atomic E-state index is 11.2. The monoisotopic (exact) mass is 173 g/mol. The second-order valence-electron chi connectivity index (χ2n) is 3.57. The number of esters is 1. The molecule has 0 unspecified atom stereocenters. The van der Waals surface area contributed by atoms with Gasteiger partial charge in [-0.2, -0.15) is 0 Å². The van der Waals surface area contributed by atoms with Gasteiger partial charge in [0.25, 0.3) is 0 Å². The smallest absolute Gasteiger partial charge is 0.323 e. The number of nitrogens with one attached hydrogen (secondary N) is 1. The van der Waals surface area contributed by atoms with Crippen LogP contribution in [-0.4, -0.2) is 25.2 Å². The molecule has 0 aliphatic rings. The molecule has 0 aliphatic heterocycles. The van der Waals surface area contributed by atoms with E-state index in [9.17, 15) is 4.79 Å². The first kappa shape index (κ1) is 11.4. The van der Waals surface area contributed by atoms with E-state index in [-0.39, 0.29) is 17.9 Å². The van der Waals surface area contributed by atoms with E-state index in [4.69, 9.17) is 0 Å². The van der Waals surface area contributed by atoms with E-state index in [1.807, 2.05) is 27.7 Å². The van der Waals surface area contributed by atoms with Crippen molar-refractivity contribution in [3.8, 4) is 0 Å². The Hall–Kier alpha value is -0.570. The molecule has 0 spiro atoms. The Labute approximate surface area is 74.5 Å². The van der Waals surface area contributed by atoms with Gasteiger partial charge in [-0.05, 0) is 5.92 Å². The number of methoxy groups -OCH3 is 1. The summed E-state index contributed by atoms with van der Waals surface area (Å²) < 4.78 is 4.67. The van der Waals surface area contributed by atoms with Crippen LogP contribution in [0.2, 0.25) is 0 Å². The summed E-state index contributed by atoms with van der Waals surface area (Å²) in [5, 5.41) is 3.16. The van der Waals surface area contributed by atoms with Crippen LogP contribution in [0.25, 0.3) is 0 Å².